The van der Waals surface area contributed by atoms with E-state index >= 15 is 0 Å². The fraction of sp³-hybridized carbons (Fsp3) is 0. The highest BCUT2D eigenvalue weighted by Crippen LogP contribution is 2.27. The molecule has 5 aromatic rings. The molecule has 120 valence electrons. The molecule has 0 unspecified atom stereocenters. The SMILES string of the molecule is O=c1c2ccccc2sc2cc3c(=O)n4cc(F)ccc4nc3cc12. The molecule has 0 atom stereocenters. The number of hydrogen-bond donors (Lipinski definition) is 0. The lowest BCUT2D eigenvalue weighted by Gasteiger charge is -2.06. The Morgan fingerprint density at radius 2 is 1.76 bits per heavy atom. The minimum atomic E-state index is -0.507. The lowest BCUT2D eigenvalue weighted by atomic mass is 10.1. The van der Waals surface area contributed by atoms with Crippen LogP contribution in [0.2, 0.25) is 0 Å². The number of pyridine rings is 1. The summed E-state index contributed by atoms with van der Waals surface area (Å²) in [6, 6.07) is 13.4. The van der Waals surface area contributed by atoms with Crippen molar-refractivity contribution in [1.82, 2.24) is 9.38 Å². The highest BCUT2D eigenvalue weighted by Gasteiger charge is 2.11. The van der Waals surface area contributed by atoms with Crippen molar-refractivity contribution in [3.05, 3.63) is 81.1 Å². The molecule has 3 heterocycles. The summed E-state index contributed by atoms with van der Waals surface area (Å²) in [5, 5.41) is 1.55. The van der Waals surface area contributed by atoms with Crippen LogP contribution in [0.15, 0.2) is 64.3 Å². The lowest BCUT2D eigenvalue weighted by molar-refractivity contribution is 0.618. The number of fused-ring (bicyclic) bond motifs is 4. The van der Waals surface area contributed by atoms with Crippen molar-refractivity contribution >= 4 is 48.1 Å². The summed E-state index contributed by atoms with van der Waals surface area (Å²) in [6.45, 7) is 0. The average Bonchev–Trinajstić information content (AvgIpc) is 2.62. The summed E-state index contributed by atoms with van der Waals surface area (Å²) >= 11 is 1.45. The van der Waals surface area contributed by atoms with Gasteiger partial charge < -0.3 is 0 Å². The van der Waals surface area contributed by atoms with E-state index < -0.39 is 5.82 Å². The number of nitrogens with zero attached hydrogens (tertiary/aromatic N) is 2. The molecule has 0 aliphatic heterocycles. The first-order chi connectivity index (χ1) is 12.1. The number of aromatic nitrogens is 2. The molecule has 3 aromatic heterocycles. The van der Waals surface area contributed by atoms with E-state index in [-0.39, 0.29) is 11.0 Å². The van der Waals surface area contributed by atoms with Crippen LogP contribution in [0.3, 0.4) is 0 Å². The summed E-state index contributed by atoms with van der Waals surface area (Å²) in [4.78, 5) is 29.9. The van der Waals surface area contributed by atoms with E-state index in [1.807, 2.05) is 18.2 Å². The van der Waals surface area contributed by atoms with E-state index in [2.05, 4.69) is 4.98 Å². The maximum absolute atomic E-state index is 13.5. The number of benzene rings is 2. The van der Waals surface area contributed by atoms with Gasteiger partial charge in [-0.2, -0.15) is 0 Å². The van der Waals surface area contributed by atoms with Gasteiger partial charge in [0.25, 0.3) is 5.56 Å². The van der Waals surface area contributed by atoms with Crippen LogP contribution >= 0.6 is 11.3 Å². The Balaban J connectivity index is 2.02. The molecule has 5 rings (SSSR count). The Morgan fingerprint density at radius 3 is 2.64 bits per heavy atom. The molecule has 0 N–H and O–H groups in total. The van der Waals surface area contributed by atoms with Crippen LogP contribution in [-0.4, -0.2) is 9.38 Å². The van der Waals surface area contributed by atoms with Gasteiger partial charge in [0.2, 0.25) is 0 Å². The zero-order chi connectivity index (χ0) is 17.1. The highest BCUT2D eigenvalue weighted by molar-refractivity contribution is 7.24. The topological polar surface area (TPSA) is 51.4 Å². The summed E-state index contributed by atoms with van der Waals surface area (Å²) in [6.07, 6.45) is 1.12. The van der Waals surface area contributed by atoms with Crippen LogP contribution in [0.1, 0.15) is 0 Å². The Kier molecular flexibility index (Phi) is 2.81. The van der Waals surface area contributed by atoms with Gasteiger partial charge in [-0.3, -0.25) is 14.0 Å². The maximum Gasteiger partial charge on any atom is 0.265 e. The standard InChI is InChI=1S/C19H9FN2O2S/c20-10-5-6-17-21-14-7-13-16(8-12(14)19(24)22(17)9-10)25-15-4-2-1-3-11(15)18(13)23/h1-9H. The first-order valence-electron chi connectivity index (χ1n) is 7.59. The zero-order valence-corrected chi connectivity index (χ0v) is 13.5. The van der Waals surface area contributed by atoms with Gasteiger partial charge in [-0.25, -0.2) is 9.37 Å². The quantitative estimate of drug-likeness (QED) is 0.401. The van der Waals surface area contributed by atoms with E-state index in [1.54, 1.807) is 18.2 Å². The second-order valence-corrected chi connectivity index (χ2v) is 6.87. The van der Waals surface area contributed by atoms with E-state index in [9.17, 15) is 14.0 Å². The average molecular weight is 348 g/mol. The van der Waals surface area contributed by atoms with Gasteiger partial charge in [0.05, 0.1) is 10.9 Å². The molecular formula is C19H9FN2O2S. The predicted molar refractivity (Wildman–Crippen MR) is 98.1 cm³/mol. The lowest BCUT2D eigenvalue weighted by Crippen LogP contribution is -2.15. The number of halogens is 1. The van der Waals surface area contributed by atoms with Gasteiger partial charge in [-0.1, -0.05) is 12.1 Å². The van der Waals surface area contributed by atoms with E-state index in [4.69, 9.17) is 0 Å². The normalized spacial score (nSPS) is 11.7. The van der Waals surface area contributed by atoms with Crippen LogP contribution in [0.25, 0.3) is 36.7 Å². The largest absolute Gasteiger partial charge is 0.289 e. The van der Waals surface area contributed by atoms with Crippen molar-refractivity contribution in [2.75, 3.05) is 0 Å². The summed E-state index contributed by atoms with van der Waals surface area (Å²) < 4.78 is 16.2. The minimum Gasteiger partial charge on any atom is -0.289 e. The molecule has 0 radical (unpaired) electrons. The molecule has 0 amide bonds. The Morgan fingerprint density at radius 1 is 0.920 bits per heavy atom. The van der Waals surface area contributed by atoms with E-state index in [1.165, 1.54) is 27.9 Å². The Bertz CT molecular complexity index is 1450. The molecule has 0 aliphatic carbocycles. The van der Waals surface area contributed by atoms with Crippen LogP contribution < -0.4 is 11.0 Å². The zero-order valence-electron chi connectivity index (χ0n) is 12.7. The van der Waals surface area contributed by atoms with Crippen molar-refractivity contribution < 1.29 is 4.39 Å². The van der Waals surface area contributed by atoms with Crippen molar-refractivity contribution in [2.45, 2.75) is 0 Å². The molecule has 0 bridgehead atoms. The fourth-order valence-electron chi connectivity index (χ4n) is 3.07. The van der Waals surface area contributed by atoms with Gasteiger partial charge in [0.15, 0.2) is 5.43 Å². The molecule has 0 aliphatic rings. The number of hydrogen-bond acceptors (Lipinski definition) is 4. The molecule has 0 fully saturated rings. The van der Waals surface area contributed by atoms with Gasteiger partial charge in [-0.15, -0.1) is 11.3 Å². The predicted octanol–water partition coefficient (Wildman–Crippen LogP) is 3.71. The van der Waals surface area contributed by atoms with E-state index in [0.717, 1.165) is 10.9 Å². The van der Waals surface area contributed by atoms with Crippen molar-refractivity contribution in [3.8, 4) is 0 Å². The Labute approximate surface area is 143 Å². The third-order valence-electron chi connectivity index (χ3n) is 4.27. The first kappa shape index (κ1) is 14.2. The molecule has 25 heavy (non-hydrogen) atoms. The smallest absolute Gasteiger partial charge is 0.265 e. The molecular weight excluding hydrogens is 339 g/mol. The van der Waals surface area contributed by atoms with Crippen LogP contribution in [0, 0.1) is 5.82 Å². The van der Waals surface area contributed by atoms with Crippen molar-refractivity contribution in [3.63, 3.8) is 0 Å². The van der Waals surface area contributed by atoms with Gasteiger partial charge in [0, 0.05) is 26.4 Å². The third-order valence-corrected chi connectivity index (χ3v) is 5.40. The molecule has 0 saturated heterocycles. The third kappa shape index (κ3) is 2.01. The van der Waals surface area contributed by atoms with Gasteiger partial charge >= 0.3 is 0 Å². The molecule has 6 heteroatoms. The molecule has 4 nitrogen and oxygen atoms in total. The van der Waals surface area contributed by atoms with Crippen LogP contribution in [0.5, 0.6) is 0 Å². The van der Waals surface area contributed by atoms with Crippen LogP contribution in [-0.2, 0) is 0 Å². The Hall–Kier alpha value is -3.12. The van der Waals surface area contributed by atoms with Gasteiger partial charge in [-0.05, 0) is 36.4 Å². The maximum atomic E-state index is 13.5. The minimum absolute atomic E-state index is 0.0765. The summed E-state index contributed by atoms with van der Waals surface area (Å²) in [5.74, 6) is -0.507. The monoisotopic (exact) mass is 348 g/mol. The number of rotatable bonds is 0. The fourth-order valence-corrected chi connectivity index (χ4v) is 4.17. The summed E-state index contributed by atoms with van der Waals surface area (Å²) in [7, 11) is 0. The summed E-state index contributed by atoms with van der Waals surface area (Å²) in [5.41, 5.74) is 0.348. The van der Waals surface area contributed by atoms with Gasteiger partial charge in [0.1, 0.15) is 11.5 Å². The molecule has 2 aromatic carbocycles. The second-order valence-electron chi connectivity index (χ2n) is 5.79. The molecule has 0 spiro atoms. The molecule has 0 saturated carbocycles. The van der Waals surface area contributed by atoms with E-state index in [0.29, 0.717) is 32.0 Å². The van der Waals surface area contributed by atoms with Crippen LogP contribution in [0.4, 0.5) is 4.39 Å². The first-order valence-corrected chi connectivity index (χ1v) is 8.41. The highest BCUT2D eigenvalue weighted by atomic mass is 32.1. The van der Waals surface area contributed by atoms with Crippen molar-refractivity contribution in [1.29, 1.82) is 0 Å². The van der Waals surface area contributed by atoms with Crippen molar-refractivity contribution in [2.24, 2.45) is 0 Å². The second kappa shape index (κ2) is 4.94.